The third-order valence-electron chi connectivity index (χ3n) is 7.02. The summed E-state index contributed by atoms with van der Waals surface area (Å²) in [5, 5.41) is 4.08. The predicted molar refractivity (Wildman–Crippen MR) is 145 cm³/mol. The molecule has 4 aromatic rings. The lowest BCUT2D eigenvalue weighted by atomic mass is 9.79. The van der Waals surface area contributed by atoms with Gasteiger partial charge in [-0.3, -0.25) is 9.59 Å². The zero-order valence-corrected chi connectivity index (χ0v) is 21.5. The fourth-order valence-corrected chi connectivity index (χ4v) is 5.36. The fraction of sp³-hybridized carbons (Fsp3) is 0.300. The summed E-state index contributed by atoms with van der Waals surface area (Å²) in [6.45, 7) is 8.03. The molecule has 7 nitrogen and oxygen atoms in total. The normalized spacial score (nSPS) is 17.2. The van der Waals surface area contributed by atoms with Crippen molar-refractivity contribution in [1.29, 1.82) is 0 Å². The van der Waals surface area contributed by atoms with Crippen LogP contribution in [0.2, 0.25) is 0 Å². The third kappa shape index (κ3) is 4.62. The number of para-hydroxylation sites is 1. The number of nitrogens with zero attached hydrogens (tertiary/aromatic N) is 3. The number of rotatable bonds is 8. The lowest BCUT2D eigenvalue weighted by Crippen LogP contribution is -2.47. The molecule has 1 aliphatic rings. The smallest absolute Gasteiger partial charge is 0.254 e. The first-order valence-electron chi connectivity index (χ1n) is 12.8. The molecule has 0 saturated carbocycles. The summed E-state index contributed by atoms with van der Waals surface area (Å²) in [6, 6.07) is 20.6. The van der Waals surface area contributed by atoms with Crippen LogP contribution < -0.4 is 5.32 Å². The van der Waals surface area contributed by atoms with Crippen molar-refractivity contribution in [3.05, 3.63) is 95.3 Å². The number of anilines is 1. The molecule has 2 atom stereocenters. The maximum Gasteiger partial charge on any atom is 0.254 e. The predicted octanol–water partition coefficient (Wildman–Crippen LogP) is 5.32. The van der Waals surface area contributed by atoms with E-state index in [0.29, 0.717) is 31.1 Å². The van der Waals surface area contributed by atoms with Gasteiger partial charge in [0.15, 0.2) is 0 Å². The molecule has 190 valence electrons. The molecule has 5 rings (SSSR count). The van der Waals surface area contributed by atoms with E-state index in [4.69, 9.17) is 4.74 Å². The Hall–Kier alpha value is -3.97. The van der Waals surface area contributed by atoms with Gasteiger partial charge in [-0.2, -0.15) is 0 Å². The number of pyridine rings is 1. The van der Waals surface area contributed by atoms with Crippen LogP contribution in [-0.4, -0.2) is 46.0 Å². The number of ether oxygens (including phenoxy) is 1. The molecule has 2 aromatic heterocycles. The van der Waals surface area contributed by atoms with Crippen LogP contribution in [-0.2, 0) is 16.1 Å². The molecule has 0 fully saturated rings. The second-order valence-corrected chi connectivity index (χ2v) is 9.25. The Labute approximate surface area is 217 Å². The topological polar surface area (TPSA) is 76.5 Å². The quantitative estimate of drug-likeness (QED) is 0.335. The Morgan fingerprint density at radius 3 is 2.57 bits per heavy atom. The minimum absolute atomic E-state index is 0.0913. The van der Waals surface area contributed by atoms with E-state index in [9.17, 15) is 9.59 Å². The van der Waals surface area contributed by atoms with Crippen LogP contribution in [0.1, 0.15) is 53.0 Å². The summed E-state index contributed by atoms with van der Waals surface area (Å²) in [4.78, 5) is 34.3. The van der Waals surface area contributed by atoms with Crippen LogP contribution >= 0.6 is 0 Å². The molecule has 2 amide bonds. The molecule has 1 N–H and O–H groups in total. The number of carbonyl (C=O) groups excluding carboxylic acids is 2. The molecule has 7 heteroatoms. The van der Waals surface area contributed by atoms with Crippen LogP contribution in [0.4, 0.5) is 5.82 Å². The van der Waals surface area contributed by atoms with Crippen molar-refractivity contribution in [2.45, 2.75) is 39.3 Å². The number of hydrogen-bond donors (Lipinski definition) is 1. The standard InChI is InChI=1S/C30H32N4O3/c1-4-33-19-24(21-12-8-9-15-25(21)33)28-27(29(35)32-26-16-10-11-20(3)31-26)22-13-6-7-14-23(22)30(36)34(28)17-18-37-5-2/h6-16,19,27-28H,4-5,17-18H2,1-3H3,(H,31,32,35). The minimum Gasteiger partial charge on any atom is -0.380 e. The van der Waals surface area contributed by atoms with Crippen molar-refractivity contribution in [3.63, 3.8) is 0 Å². The molecule has 37 heavy (non-hydrogen) atoms. The van der Waals surface area contributed by atoms with Gasteiger partial charge < -0.3 is 19.5 Å². The van der Waals surface area contributed by atoms with Crippen molar-refractivity contribution in [2.75, 3.05) is 25.1 Å². The van der Waals surface area contributed by atoms with E-state index in [1.165, 1.54) is 0 Å². The highest BCUT2D eigenvalue weighted by atomic mass is 16.5. The molecule has 0 aliphatic carbocycles. The van der Waals surface area contributed by atoms with Crippen molar-refractivity contribution >= 4 is 28.5 Å². The van der Waals surface area contributed by atoms with Crippen LogP contribution in [0, 0.1) is 6.92 Å². The summed E-state index contributed by atoms with van der Waals surface area (Å²) in [5.74, 6) is -0.423. The van der Waals surface area contributed by atoms with Gasteiger partial charge in [0.05, 0.1) is 18.6 Å². The largest absolute Gasteiger partial charge is 0.380 e. The van der Waals surface area contributed by atoms with Crippen LogP contribution in [0.5, 0.6) is 0 Å². The van der Waals surface area contributed by atoms with Crippen LogP contribution in [0.25, 0.3) is 10.9 Å². The average molecular weight is 497 g/mol. The first-order chi connectivity index (χ1) is 18.0. The summed E-state index contributed by atoms with van der Waals surface area (Å²) in [7, 11) is 0. The van der Waals surface area contributed by atoms with Gasteiger partial charge in [0.1, 0.15) is 5.82 Å². The summed E-state index contributed by atoms with van der Waals surface area (Å²) in [5.41, 5.74) is 4.12. The zero-order valence-electron chi connectivity index (χ0n) is 21.5. The molecule has 3 heterocycles. The van der Waals surface area contributed by atoms with Crippen LogP contribution in [0.15, 0.2) is 72.9 Å². The van der Waals surface area contributed by atoms with Crippen molar-refractivity contribution < 1.29 is 14.3 Å². The van der Waals surface area contributed by atoms with Crippen molar-refractivity contribution in [1.82, 2.24) is 14.5 Å². The van der Waals surface area contributed by atoms with E-state index in [1.807, 2.05) is 67.3 Å². The maximum absolute atomic E-state index is 14.1. The van der Waals surface area contributed by atoms with Gasteiger partial charge in [0, 0.05) is 53.6 Å². The third-order valence-corrected chi connectivity index (χ3v) is 7.02. The highest BCUT2D eigenvalue weighted by Crippen LogP contribution is 2.45. The Balaban J connectivity index is 1.69. The van der Waals surface area contributed by atoms with E-state index >= 15 is 0 Å². The second-order valence-electron chi connectivity index (χ2n) is 9.25. The highest BCUT2D eigenvalue weighted by Gasteiger charge is 2.45. The summed E-state index contributed by atoms with van der Waals surface area (Å²) >= 11 is 0. The number of aryl methyl sites for hydroxylation is 2. The molecule has 2 unspecified atom stereocenters. The molecule has 1 aliphatic heterocycles. The molecule has 0 spiro atoms. The molecule has 0 radical (unpaired) electrons. The SMILES string of the molecule is CCOCCN1C(=O)c2ccccc2C(C(=O)Nc2cccc(C)n2)C1c1cn(CC)c2ccccc12. The number of amides is 2. The number of benzene rings is 2. The second kappa shape index (κ2) is 10.6. The highest BCUT2D eigenvalue weighted by molar-refractivity contribution is 6.05. The molecule has 0 saturated heterocycles. The van der Waals surface area contributed by atoms with Crippen molar-refractivity contribution in [2.24, 2.45) is 0 Å². The molecular weight excluding hydrogens is 464 g/mol. The monoisotopic (exact) mass is 496 g/mol. The zero-order chi connectivity index (χ0) is 25.9. The first kappa shape index (κ1) is 24.7. The Bertz CT molecular complexity index is 1440. The van der Waals surface area contributed by atoms with Crippen molar-refractivity contribution in [3.8, 4) is 0 Å². The van der Waals surface area contributed by atoms with Gasteiger partial charge in [-0.15, -0.1) is 0 Å². The summed E-state index contributed by atoms with van der Waals surface area (Å²) < 4.78 is 7.84. The maximum atomic E-state index is 14.1. The number of hydrogen-bond acceptors (Lipinski definition) is 4. The number of aromatic nitrogens is 2. The Kier molecular flexibility index (Phi) is 7.06. The lowest BCUT2D eigenvalue weighted by Gasteiger charge is -2.41. The number of fused-ring (bicyclic) bond motifs is 2. The van der Waals surface area contributed by atoms with E-state index in [2.05, 4.69) is 40.1 Å². The van der Waals surface area contributed by atoms with E-state index in [-0.39, 0.29) is 11.8 Å². The molecular formula is C30H32N4O3. The summed E-state index contributed by atoms with van der Waals surface area (Å²) in [6.07, 6.45) is 2.09. The Morgan fingerprint density at radius 1 is 1.00 bits per heavy atom. The van der Waals surface area contributed by atoms with Gasteiger partial charge >= 0.3 is 0 Å². The van der Waals surface area contributed by atoms with Gasteiger partial charge in [-0.1, -0.05) is 42.5 Å². The fourth-order valence-electron chi connectivity index (χ4n) is 5.36. The lowest BCUT2D eigenvalue weighted by molar-refractivity contribution is -0.119. The van der Waals surface area contributed by atoms with Gasteiger partial charge in [-0.05, 0) is 50.6 Å². The average Bonchev–Trinajstić information content (AvgIpc) is 3.28. The number of nitrogens with one attached hydrogen (secondary N) is 1. The van der Waals surface area contributed by atoms with Gasteiger partial charge in [-0.25, -0.2) is 4.98 Å². The van der Waals surface area contributed by atoms with Gasteiger partial charge in [0.2, 0.25) is 5.91 Å². The van der Waals surface area contributed by atoms with E-state index in [1.54, 1.807) is 6.07 Å². The van der Waals surface area contributed by atoms with E-state index in [0.717, 1.165) is 34.3 Å². The molecule has 2 aromatic carbocycles. The Morgan fingerprint density at radius 2 is 1.78 bits per heavy atom. The van der Waals surface area contributed by atoms with E-state index < -0.39 is 12.0 Å². The van der Waals surface area contributed by atoms with Gasteiger partial charge in [0.25, 0.3) is 5.91 Å². The number of carbonyl (C=O) groups is 2. The molecule has 0 bridgehead atoms. The minimum atomic E-state index is -0.631. The van der Waals surface area contributed by atoms with Crippen LogP contribution in [0.3, 0.4) is 0 Å². The first-order valence-corrected chi connectivity index (χ1v) is 12.8.